The van der Waals surface area contributed by atoms with E-state index in [1.807, 2.05) is 14.7 Å². The number of piperidine rings is 1. The number of piperazine rings is 1. The van der Waals surface area contributed by atoms with Crippen molar-refractivity contribution in [1.82, 2.24) is 19.6 Å². The molecule has 0 aromatic carbocycles. The Morgan fingerprint density at radius 1 is 0.931 bits per heavy atom. The molecular formula is C22H36N4O3. The van der Waals surface area contributed by atoms with Crippen LogP contribution in [-0.2, 0) is 14.4 Å². The lowest BCUT2D eigenvalue weighted by atomic mass is 10.0. The number of amides is 3. The molecule has 2 atom stereocenters. The quantitative estimate of drug-likeness (QED) is 0.709. The van der Waals surface area contributed by atoms with Gasteiger partial charge in [0.05, 0.1) is 12.5 Å². The molecule has 0 bridgehead atoms. The fraction of sp³-hybridized carbons (Fsp3) is 0.864. The Bertz CT molecular complexity index is 626. The molecular weight excluding hydrogens is 368 g/mol. The van der Waals surface area contributed by atoms with Gasteiger partial charge < -0.3 is 14.7 Å². The number of nitrogens with zero attached hydrogens (tertiary/aromatic N) is 4. The SMILES string of the molecule is CC1CCCCN1C(=O)CN1CCN(C(=O)C2CC(=O)N(C3CCCC3)C2)CC1. The van der Waals surface area contributed by atoms with E-state index in [0.29, 0.717) is 44.7 Å². The third kappa shape index (κ3) is 4.60. The number of hydrogen-bond donors (Lipinski definition) is 0. The van der Waals surface area contributed by atoms with E-state index in [4.69, 9.17) is 0 Å². The van der Waals surface area contributed by atoms with Crippen LogP contribution in [0.2, 0.25) is 0 Å². The van der Waals surface area contributed by atoms with Gasteiger partial charge >= 0.3 is 0 Å². The zero-order valence-corrected chi connectivity index (χ0v) is 17.9. The summed E-state index contributed by atoms with van der Waals surface area (Å²) >= 11 is 0. The van der Waals surface area contributed by atoms with Crippen molar-refractivity contribution >= 4 is 17.7 Å². The third-order valence-electron chi connectivity index (χ3n) is 7.44. The van der Waals surface area contributed by atoms with Crippen LogP contribution in [0.15, 0.2) is 0 Å². The summed E-state index contributed by atoms with van der Waals surface area (Å²) in [5.74, 6) is 0.348. The molecule has 0 aromatic heterocycles. The Labute approximate surface area is 174 Å². The molecule has 7 heteroatoms. The number of carbonyl (C=O) groups excluding carboxylic acids is 3. The monoisotopic (exact) mass is 404 g/mol. The van der Waals surface area contributed by atoms with E-state index in [1.54, 1.807) is 0 Å². The van der Waals surface area contributed by atoms with Crippen molar-refractivity contribution in [2.45, 2.75) is 70.4 Å². The Hall–Kier alpha value is -1.63. The first-order valence-electron chi connectivity index (χ1n) is 11.6. The van der Waals surface area contributed by atoms with Gasteiger partial charge in [-0.25, -0.2) is 0 Å². The summed E-state index contributed by atoms with van der Waals surface area (Å²) in [4.78, 5) is 46.2. The van der Waals surface area contributed by atoms with Crippen LogP contribution < -0.4 is 0 Å². The van der Waals surface area contributed by atoms with Crippen molar-refractivity contribution in [3.63, 3.8) is 0 Å². The van der Waals surface area contributed by atoms with Gasteiger partial charge in [0.25, 0.3) is 0 Å². The minimum absolute atomic E-state index is 0.134. The molecule has 3 saturated heterocycles. The highest BCUT2D eigenvalue weighted by Crippen LogP contribution is 2.30. The summed E-state index contributed by atoms with van der Waals surface area (Å²) in [5.41, 5.74) is 0. The zero-order valence-electron chi connectivity index (χ0n) is 17.9. The van der Waals surface area contributed by atoms with Crippen LogP contribution in [0.5, 0.6) is 0 Å². The maximum absolute atomic E-state index is 13.0. The van der Waals surface area contributed by atoms with E-state index in [2.05, 4.69) is 11.8 Å². The fourth-order valence-electron chi connectivity index (χ4n) is 5.60. The summed E-state index contributed by atoms with van der Waals surface area (Å²) in [6.45, 7) is 6.90. The summed E-state index contributed by atoms with van der Waals surface area (Å²) in [6, 6.07) is 0.710. The summed E-state index contributed by atoms with van der Waals surface area (Å²) in [5, 5.41) is 0. The number of hydrogen-bond acceptors (Lipinski definition) is 4. The molecule has 29 heavy (non-hydrogen) atoms. The molecule has 0 N–H and O–H groups in total. The first-order chi connectivity index (χ1) is 14.0. The van der Waals surface area contributed by atoms with E-state index in [-0.39, 0.29) is 23.6 Å². The first kappa shape index (κ1) is 20.6. The molecule has 3 aliphatic heterocycles. The molecule has 3 amide bonds. The van der Waals surface area contributed by atoms with E-state index in [1.165, 1.54) is 19.3 Å². The highest BCUT2D eigenvalue weighted by molar-refractivity contribution is 5.89. The van der Waals surface area contributed by atoms with Crippen molar-refractivity contribution < 1.29 is 14.4 Å². The van der Waals surface area contributed by atoms with Gasteiger partial charge in [-0.05, 0) is 39.0 Å². The molecule has 4 aliphatic rings. The van der Waals surface area contributed by atoms with E-state index in [9.17, 15) is 14.4 Å². The number of carbonyl (C=O) groups is 3. The normalized spacial score (nSPS) is 29.7. The first-order valence-corrected chi connectivity index (χ1v) is 11.6. The lowest BCUT2D eigenvalue weighted by Gasteiger charge is -2.38. The molecule has 1 aliphatic carbocycles. The van der Waals surface area contributed by atoms with Crippen molar-refractivity contribution in [2.24, 2.45) is 5.92 Å². The summed E-state index contributed by atoms with van der Waals surface area (Å²) in [7, 11) is 0. The average Bonchev–Trinajstić information content (AvgIpc) is 3.38. The van der Waals surface area contributed by atoms with Gasteiger partial charge in [-0.1, -0.05) is 12.8 Å². The highest BCUT2D eigenvalue weighted by atomic mass is 16.2. The molecule has 0 aromatic rings. The van der Waals surface area contributed by atoms with Crippen molar-refractivity contribution in [3.05, 3.63) is 0 Å². The van der Waals surface area contributed by atoms with Gasteiger partial charge in [-0.3, -0.25) is 19.3 Å². The van der Waals surface area contributed by atoms with Gasteiger partial charge in [0.15, 0.2) is 0 Å². The van der Waals surface area contributed by atoms with Gasteiger partial charge in [0.1, 0.15) is 0 Å². The second-order valence-electron chi connectivity index (χ2n) is 9.42. The maximum atomic E-state index is 13.0. The predicted molar refractivity (Wildman–Crippen MR) is 110 cm³/mol. The van der Waals surface area contributed by atoms with E-state index in [0.717, 1.165) is 45.3 Å². The maximum Gasteiger partial charge on any atom is 0.236 e. The molecule has 0 spiro atoms. The van der Waals surface area contributed by atoms with Gasteiger partial charge in [-0.15, -0.1) is 0 Å². The molecule has 162 valence electrons. The van der Waals surface area contributed by atoms with Crippen LogP contribution in [0.25, 0.3) is 0 Å². The van der Waals surface area contributed by atoms with Crippen LogP contribution >= 0.6 is 0 Å². The molecule has 3 heterocycles. The number of rotatable bonds is 4. The smallest absolute Gasteiger partial charge is 0.236 e. The molecule has 4 rings (SSSR count). The third-order valence-corrected chi connectivity index (χ3v) is 7.44. The largest absolute Gasteiger partial charge is 0.340 e. The molecule has 7 nitrogen and oxygen atoms in total. The molecule has 0 radical (unpaired) electrons. The average molecular weight is 405 g/mol. The van der Waals surface area contributed by atoms with Crippen molar-refractivity contribution in [1.29, 1.82) is 0 Å². The molecule has 4 fully saturated rings. The topological polar surface area (TPSA) is 64.2 Å². The van der Waals surface area contributed by atoms with Crippen LogP contribution in [0, 0.1) is 5.92 Å². The zero-order chi connectivity index (χ0) is 20.4. The molecule has 2 unspecified atom stereocenters. The Kier molecular flexibility index (Phi) is 6.42. The Morgan fingerprint density at radius 2 is 1.62 bits per heavy atom. The van der Waals surface area contributed by atoms with E-state index < -0.39 is 0 Å². The predicted octanol–water partition coefficient (Wildman–Crippen LogP) is 1.32. The lowest BCUT2D eigenvalue weighted by Crippen LogP contribution is -2.54. The minimum atomic E-state index is -0.175. The van der Waals surface area contributed by atoms with Crippen molar-refractivity contribution in [2.75, 3.05) is 45.8 Å². The van der Waals surface area contributed by atoms with Crippen LogP contribution in [0.4, 0.5) is 0 Å². The summed E-state index contributed by atoms with van der Waals surface area (Å²) < 4.78 is 0. The van der Waals surface area contributed by atoms with Crippen LogP contribution in [-0.4, -0.2) is 95.2 Å². The fourth-order valence-corrected chi connectivity index (χ4v) is 5.60. The lowest BCUT2D eigenvalue weighted by molar-refractivity contribution is -0.139. The van der Waals surface area contributed by atoms with Crippen LogP contribution in [0.3, 0.4) is 0 Å². The Morgan fingerprint density at radius 3 is 2.31 bits per heavy atom. The van der Waals surface area contributed by atoms with Crippen LogP contribution in [0.1, 0.15) is 58.3 Å². The standard InChI is InChI=1S/C22H36N4O3/c1-17-6-4-5-9-25(17)21(28)16-23-10-12-24(13-11-23)22(29)18-14-20(27)26(15-18)19-7-2-3-8-19/h17-19H,2-16H2,1H3. The van der Waals surface area contributed by atoms with Gasteiger partial charge in [0, 0.05) is 57.8 Å². The number of likely N-dealkylation sites (tertiary alicyclic amines) is 2. The Balaban J connectivity index is 1.23. The van der Waals surface area contributed by atoms with E-state index >= 15 is 0 Å². The summed E-state index contributed by atoms with van der Waals surface area (Å²) in [6.07, 6.45) is 8.38. The highest BCUT2D eigenvalue weighted by Gasteiger charge is 2.40. The second kappa shape index (κ2) is 9.02. The van der Waals surface area contributed by atoms with Crippen molar-refractivity contribution in [3.8, 4) is 0 Å². The van der Waals surface area contributed by atoms with Gasteiger partial charge in [0.2, 0.25) is 17.7 Å². The van der Waals surface area contributed by atoms with Gasteiger partial charge in [-0.2, -0.15) is 0 Å². The second-order valence-corrected chi connectivity index (χ2v) is 9.42. The minimum Gasteiger partial charge on any atom is -0.340 e. The molecule has 1 saturated carbocycles.